The maximum atomic E-state index is 5.97. The van der Waals surface area contributed by atoms with Gasteiger partial charge in [0.25, 0.3) is 0 Å². The number of nitrogens with two attached hydrogens (primary N) is 1. The van der Waals surface area contributed by atoms with E-state index >= 15 is 0 Å². The molecule has 1 nitrogen and oxygen atoms in total. The van der Waals surface area contributed by atoms with Crippen LogP contribution >= 0.6 is 22.9 Å². The fraction of sp³-hybridized carbons (Fsp3) is 0.636. The van der Waals surface area contributed by atoms with Gasteiger partial charge in [-0.05, 0) is 18.9 Å². The van der Waals surface area contributed by atoms with Gasteiger partial charge in [0.1, 0.15) is 0 Å². The predicted molar refractivity (Wildman–Crippen MR) is 63.1 cm³/mol. The van der Waals surface area contributed by atoms with Crippen molar-refractivity contribution in [1.82, 2.24) is 0 Å². The highest BCUT2D eigenvalue weighted by Crippen LogP contribution is 2.41. The van der Waals surface area contributed by atoms with Crippen molar-refractivity contribution in [2.45, 2.75) is 37.5 Å². The molecular formula is C11H16ClNS. The van der Waals surface area contributed by atoms with Gasteiger partial charge in [-0.15, -0.1) is 11.3 Å². The second-order valence-electron chi connectivity index (χ2n) is 4.17. The van der Waals surface area contributed by atoms with E-state index in [0.717, 1.165) is 11.6 Å². The maximum Gasteiger partial charge on any atom is 0.0516 e. The molecule has 14 heavy (non-hydrogen) atoms. The molecule has 78 valence electrons. The predicted octanol–water partition coefficient (Wildman–Crippen LogP) is 3.56. The average Bonchev–Trinajstić information content (AvgIpc) is 2.66. The van der Waals surface area contributed by atoms with Crippen LogP contribution in [0.3, 0.4) is 0 Å². The third kappa shape index (κ3) is 1.83. The minimum atomic E-state index is 0.246. The van der Waals surface area contributed by atoms with Gasteiger partial charge >= 0.3 is 0 Å². The van der Waals surface area contributed by atoms with E-state index in [9.17, 15) is 0 Å². The molecular weight excluding hydrogens is 214 g/mol. The molecule has 0 radical (unpaired) electrons. The van der Waals surface area contributed by atoms with Gasteiger partial charge in [0.2, 0.25) is 0 Å². The molecule has 1 aromatic rings. The van der Waals surface area contributed by atoms with Crippen LogP contribution < -0.4 is 5.73 Å². The van der Waals surface area contributed by atoms with Crippen LogP contribution in [0.4, 0.5) is 0 Å². The first-order valence-electron chi connectivity index (χ1n) is 5.21. The van der Waals surface area contributed by atoms with Crippen LogP contribution in [0, 0.1) is 0 Å². The Kier molecular flexibility index (Phi) is 3.15. The molecule has 0 saturated heterocycles. The summed E-state index contributed by atoms with van der Waals surface area (Å²) in [4.78, 5) is 1.39. The molecule has 0 atom stereocenters. The highest BCUT2D eigenvalue weighted by Gasteiger charge is 2.33. The first kappa shape index (κ1) is 10.5. The molecule has 0 unspecified atom stereocenters. The van der Waals surface area contributed by atoms with E-state index in [1.165, 1.54) is 37.0 Å². The van der Waals surface area contributed by atoms with Crippen LogP contribution in [-0.4, -0.2) is 6.54 Å². The topological polar surface area (TPSA) is 26.0 Å². The third-order valence-electron chi connectivity index (χ3n) is 3.29. The molecule has 0 aromatic carbocycles. The molecule has 0 amide bonds. The number of rotatable bonds is 2. The van der Waals surface area contributed by atoms with Crippen LogP contribution in [0.25, 0.3) is 0 Å². The summed E-state index contributed by atoms with van der Waals surface area (Å²) in [5.41, 5.74) is 6.19. The average molecular weight is 230 g/mol. The molecule has 1 saturated carbocycles. The lowest BCUT2D eigenvalue weighted by Gasteiger charge is -2.35. The van der Waals surface area contributed by atoms with E-state index in [1.54, 1.807) is 11.3 Å². The van der Waals surface area contributed by atoms with E-state index < -0.39 is 0 Å². The van der Waals surface area contributed by atoms with Gasteiger partial charge < -0.3 is 5.73 Å². The van der Waals surface area contributed by atoms with Gasteiger partial charge in [-0.25, -0.2) is 0 Å². The van der Waals surface area contributed by atoms with Crippen LogP contribution in [0.15, 0.2) is 11.4 Å². The SMILES string of the molecule is NCC1(c2cc(Cl)cs2)CCCCC1. The van der Waals surface area contributed by atoms with Crippen molar-refractivity contribution < 1.29 is 0 Å². The molecule has 0 spiro atoms. The van der Waals surface area contributed by atoms with Gasteiger partial charge in [0, 0.05) is 22.2 Å². The van der Waals surface area contributed by atoms with Crippen molar-refractivity contribution in [3.63, 3.8) is 0 Å². The highest BCUT2D eigenvalue weighted by atomic mass is 35.5. The van der Waals surface area contributed by atoms with E-state index in [0.29, 0.717) is 0 Å². The molecule has 0 bridgehead atoms. The summed E-state index contributed by atoms with van der Waals surface area (Å²) in [5.74, 6) is 0. The lowest BCUT2D eigenvalue weighted by atomic mass is 9.73. The largest absolute Gasteiger partial charge is 0.330 e. The van der Waals surface area contributed by atoms with Gasteiger partial charge in [-0.1, -0.05) is 30.9 Å². The first-order valence-corrected chi connectivity index (χ1v) is 6.47. The maximum absolute atomic E-state index is 5.97. The Morgan fingerprint density at radius 2 is 2.07 bits per heavy atom. The van der Waals surface area contributed by atoms with Crippen molar-refractivity contribution in [1.29, 1.82) is 0 Å². The quantitative estimate of drug-likeness (QED) is 0.825. The zero-order valence-corrected chi connectivity index (χ0v) is 9.83. The minimum Gasteiger partial charge on any atom is -0.330 e. The Morgan fingerprint density at radius 1 is 1.36 bits per heavy atom. The summed E-state index contributed by atoms with van der Waals surface area (Å²) in [6, 6.07) is 2.10. The highest BCUT2D eigenvalue weighted by molar-refractivity contribution is 7.10. The summed E-state index contributed by atoms with van der Waals surface area (Å²) in [6.07, 6.45) is 6.46. The molecule has 1 aliphatic rings. The molecule has 2 rings (SSSR count). The fourth-order valence-corrected chi connectivity index (χ4v) is 3.72. The lowest BCUT2D eigenvalue weighted by Crippen LogP contribution is -2.36. The molecule has 0 aliphatic heterocycles. The summed E-state index contributed by atoms with van der Waals surface area (Å²) in [7, 11) is 0. The van der Waals surface area contributed by atoms with Gasteiger partial charge in [0.05, 0.1) is 5.02 Å². The number of halogens is 1. The summed E-state index contributed by atoms with van der Waals surface area (Å²) in [5, 5.41) is 2.88. The third-order valence-corrected chi connectivity index (χ3v) is 4.82. The smallest absolute Gasteiger partial charge is 0.0516 e. The molecule has 1 heterocycles. The van der Waals surface area contributed by atoms with Crippen molar-refractivity contribution in [2.75, 3.05) is 6.54 Å². The second-order valence-corrected chi connectivity index (χ2v) is 5.52. The number of hydrogen-bond acceptors (Lipinski definition) is 2. The minimum absolute atomic E-state index is 0.246. The molecule has 1 aromatic heterocycles. The summed E-state index contributed by atoms with van der Waals surface area (Å²) in [6.45, 7) is 0.768. The Balaban J connectivity index is 2.26. The number of hydrogen-bond donors (Lipinski definition) is 1. The van der Waals surface area contributed by atoms with Crippen LogP contribution in [0.2, 0.25) is 5.02 Å². The molecule has 1 aliphatic carbocycles. The van der Waals surface area contributed by atoms with E-state index in [4.69, 9.17) is 17.3 Å². The van der Waals surface area contributed by atoms with Gasteiger partial charge in [-0.2, -0.15) is 0 Å². The first-order chi connectivity index (χ1) is 6.77. The summed E-state index contributed by atoms with van der Waals surface area (Å²) < 4.78 is 0. The zero-order valence-electron chi connectivity index (χ0n) is 8.26. The van der Waals surface area contributed by atoms with Crippen molar-refractivity contribution in [2.24, 2.45) is 5.73 Å². The van der Waals surface area contributed by atoms with Crippen molar-refractivity contribution in [3.8, 4) is 0 Å². The lowest BCUT2D eigenvalue weighted by molar-refractivity contribution is 0.306. The summed E-state index contributed by atoms with van der Waals surface area (Å²) >= 11 is 7.74. The van der Waals surface area contributed by atoms with Crippen LogP contribution in [0.1, 0.15) is 37.0 Å². The molecule has 2 N–H and O–H groups in total. The Morgan fingerprint density at radius 3 is 2.57 bits per heavy atom. The zero-order chi connectivity index (χ0) is 10.0. The number of thiophene rings is 1. The Bertz CT molecular complexity index is 302. The van der Waals surface area contributed by atoms with Crippen molar-refractivity contribution >= 4 is 22.9 Å². The second kappa shape index (κ2) is 4.21. The Labute approximate surface area is 94.3 Å². The van der Waals surface area contributed by atoms with E-state index in [2.05, 4.69) is 6.07 Å². The standard InChI is InChI=1S/C11H16ClNS/c12-9-6-10(14-7-9)11(8-13)4-2-1-3-5-11/h6-7H,1-5,8,13H2. The van der Waals surface area contributed by atoms with Crippen LogP contribution in [0.5, 0.6) is 0 Å². The van der Waals surface area contributed by atoms with Gasteiger partial charge in [-0.3, -0.25) is 0 Å². The fourth-order valence-electron chi connectivity index (χ4n) is 2.37. The van der Waals surface area contributed by atoms with Crippen LogP contribution in [-0.2, 0) is 5.41 Å². The normalized spacial score (nSPS) is 21.0. The van der Waals surface area contributed by atoms with E-state index in [1.807, 2.05) is 5.38 Å². The van der Waals surface area contributed by atoms with E-state index in [-0.39, 0.29) is 5.41 Å². The van der Waals surface area contributed by atoms with Crippen molar-refractivity contribution in [3.05, 3.63) is 21.3 Å². The molecule has 1 fully saturated rings. The molecule has 3 heteroatoms. The monoisotopic (exact) mass is 229 g/mol. The Hall–Kier alpha value is -0.0500. The van der Waals surface area contributed by atoms with Gasteiger partial charge in [0.15, 0.2) is 0 Å².